The van der Waals surface area contributed by atoms with E-state index in [1.165, 1.54) is 16.7 Å². The molecule has 0 aliphatic carbocycles. The fourth-order valence-corrected chi connectivity index (χ4v) is 4.54. The second-order valence-corrected chi connectivity index (χ2v) is 9.01. The van der Waals surface area contributed by atoms with Crippen molar-refractivity contribution < 1.29 is 0 Å². The lowest BCUT2D eigenvalue weighted by Gasteiger charge is -2.12. The molecule has 34 heavy (non-hydrogen) atoms. The second-order valence-electron chi connectivity index (χ2n) is 9.01. The molecule has 6 heterocycles. The smallest absolute Gasteiger partial charge is 0.0758 e. The predicted octanol–water partition coefficient (Wildman–Crippen LogP) is 6.95. The number of H-pyrrole nitrogens is 2. The van der Waals surface area contributed by atoms with Crippen LogP contribution in [0, 0.1) is 27.7 Å². The first-order valence-corrected chi connectivity index (χ1v) is 11.5. The van der Waals surface area contributed by atoms with Crippen molar-refractivity contribution in [2.45, 2.75) is 27.7 Å². The van der Waals surface area contributed by atoms with Crippen molar-refractivity contribution in [1.82, 2.24) is 24.9 Å². The lowest BCUT2D eigenvalue weighted by molar-refractivity contribution is 1.10. The summed E-state index contributed by atoms with van der Waals surface area (Å²) in [5, 5.41) is 0. The maximum absolute atomic E-state index is 4.99. The molecule has 0 amide bonds. The van der Waals surface area contributed by atoms with Gasteiger partial charge in [-0.05, 0) is 111 Å². The maximum Gasteiger partial charge on any atom is 0.0758 e. The summed E-state index contributed by atoms with van der Waals surface area (Å²) in [6, 6.07) is 14.6. The summed E-state index contributed by atoms with van der Waals surface area (Å²) in [5.41, 5.74) is 14.5. The number of hydrogen-bond donors (Lipinski definition) is 2. The zero-order chi connectivity index (χ0) is 23.4. The monoisotopic (exact) mass is 443 g/mol. The summed E-state index contributed by atoms with van der Waals surface area (Å²) in [4.78, 5) is 21.6. The van der Waals surface area contributed by atoms with Gasteiger partial charge in [-0.1, -0.05) is 0 Å². The summed E-state index contributed by atoms with van der Waals surface area (Å²) < 4.78 is 0. The molecule has 8 bridgehead atoms. The van der Waals surface area contributed by atoms with Gasteiger partial charge >= 0.3 is 0 Å². The molecule has 5 heteroatoms. The topological polar surface area (TPSA) is 70.2 Å². The number of fused-ring (bicyclic) bond motifs is 8. The number of hydrogen-bond acceptors (Lipinski definition) is 3. The number of pyridine rings is 1. The highest BCUT2D eigenvalue weighted by Gasteiger charge is 2.14. The molecule has 5 nitrogen and oxygen atoms in total. The average Bonchev–Trinajstić information content (AvgIpc) is 3.60. The van der Waals surface area contributed by atoms with E-state index in [0.29, 0.717) is 0 Å². The van der Waals surface area contributed by atoms with E-state index in [2.05, 4.69) is 80.1 Å². The SMILES string of the molecule is Cc1nc(-c2cc3cc4nc(cc5ccc(cc6nc(cc2[nH]3)C=C6)[nH]5)C=C4)c(C)c(C)c1C. The van der Waals surface area contributed by atoms with Crippen molar-refractivity contribution in [3.63, 3.8) is 0 Å². The Morgan fingerprint density at radius 3 is 1.71 bits per heavy atom. The van der Waals surface area contributed by atoms with Gasteiger partial charge in [0.2, 0.25) is 0 Å². The van der Waals surface area contributed by atoms with Crippen molar-refractivity contribution in [2.24, 2.45) is 0 Å². The number of nitrogens with one attached hydrogen (secondary N) is 2. The van der Waals surface area contributed by atoms with Gasteiger partial charge in [0.1, 0.15) is 0 Å². The molecule has 166 valence electrons. The van der Waals surface area contributed by atoms with Crippen molar-refractivity contribution in [2.75, 3.05) is 0 Å². The van der Waals surface area contributed by atoms with Crippen LogP contribution in [0.5, 0.6) is 0 Å². The first kappa shape index (κ1) is 20.4. The number of aromatic amines is 2. The van der Waals surface area contributed by atoms with Crippen LogP contribution in [-0.4, -0.2) is 24.9 Å². The van der Waals surface area contributed by atoms with Gasteiger partial charge in [0.15, 0.2) is 0 Å². The Morgan fingerprint density at radius 1 is 0.529 bits per heavy atom. The normalized spacial score (nSPS) is 12.5. The van der Waals surface area contributed by atoms with E-state index in [1.807, 2.05) is 24.3 Å². The van der Waals surface area contributed by atoms with Crippen molar-refractivity contribution in [1.29, 1.82) is 0 Å². The number of aromatic nitrogens is 5. The van der Waals surface area contributed by atoms with Crippen molar-refractivity contribution in [3.05, 3.63) is 87.6 Å². The number of rotatable bonds is 1. The molecule has 0 radical (unpaired) electrons. The van der Waals surface area contributed by atoms with Crippen LogP contribution in [0.1, 0.15) is 45.2 Å². The van der Waals surface area contributed by atoms with Crippen molar-refractivity contribution in [3.8, 4) is 11.3 Å². The maximum atomic E-state index is 4.99. The third-order valence-electron chi connectivity index (χ3n) is 6.73. The van der Waals surface area contributed by atoms with Gasteiger partial charge in [0, 0.05) is 27.8 Å². The van der Waals surface area contributed by atoms with E-state index >= 15 is 0 Å². The zero-order valence-corrected chi connectivity index (χ0v) is 19.7. The van der Waals surface area contributed by atoms with Gasteiger partial charge in [-0.25, -0.2) is 9.97 Å². The largest absolute Gasteiger partial charge is 0.355 e. The summed E-state index contributed by atoms with van der Waals surface area (Å²) in [6.07, 6.45) is 8.16. The van der Waals surface area contributed by atoms with Gasteiger partial charge in [-0.15, -0.1) is 0 Å². The highest BCUT2D eigenvalue weighted by molar-refractivity contribution is 5.88. The minimum absolute atomic E-state index is 0.901. The second kappa shape index (κ2) is 7.66. The fraction of sp³-hybridized carbons (Fsp3) is 0.138. The summed E-state index contributed by atoms with van der Waals surface area (Å²) >= 11 is 0. The van der Waals surface area contributed by atoms with Crippen LogP contribution in [0.3, 0.4) is 0 Å². The Hall–Kier alpha value is -4.25. The van der Waals surface area contributed by atoms with Gasteiger partial charge in [0.05, 0.1) is 34.0 Å². The zero-order valence-electron chi connectivity index (χ0n) is 19.7. The van der Waals surface area contributed by atoms with Gasteiger partial charge in [0.25, 0.3) is 0 Å². The molecule has 0 aromatic carbocycles. The van der Waals surface area contributed by atoms with E-state index in [9.17, 15) is 0 Å². The molecule has 0 unspecified atom stereocenters. The molecule has 6 rings (SSSR count). The quantitative estimate of drug-likeness (QED) is 0.289. The molecule has 2 N–H and O–H groups in total. The molecule has 0 saturated carbocycles. The molecule has 4 aromatic heterocycles. The fourth-order valence-electron chi connectivity index (χ4n) is 4.54. The third-order valence-corrected chi connectivity index (χ3v) is 6.73. The first-order chi connectivity index (χ1) is 16.4. The van der Waals surface area contributed by atoms with E-state index in [-0.39, 0.29) is 0 Å². The van der Waals surface area contributed by atoms with Crippen LogP contribution in [0.15, 0.2) is 42.5 Å². The molecule has 0 fully saturated rings. The molecule has 0 saturated heterocycles. The predicted molar refractivity (Wildman–Crippen MR) is 141 cm³/mol. The lowest BCUT2D eigenvalue weighted by Crippen LogP contribution is -1.98. The number of aryl methyl sites for hydroxylation is 1. The molecule has 4 aromatic rings. The molecular weight excluding hydrogens is 418 g/mol. The van der Waals surface area contributed by atoms with Crippen LogP contribution >= 0.6 is 0 Å². The highest BCUT2D eigenvalue weighted by atomic mass is 14.8. The van der Waals surface area contributed by atoms with Gasteiger partial charge in [-0.3, -0.25) is 4.98 Å². The third kappa shape index (κ3) is 3.55. The van der Waals surface area contributed by atoms with E-state index in [4.69, 9.17) is 15.0 Å². The number of nitrogens with zero attached hydrogens (tertiary/aromatic N) is 3. The molecule has 2 aliphatic rings. The minimum Gasteiger partial charge on any atom is -0.355 e. The highest BCUT2D eigenvalue weighted by Crippen LogP contribution is 2.31. The van der Waals surface area contributed by atoms with Crippen LogP contribution in [0.2, 0.25) is 0 Å². The van der Waals surface area contributed by atoms with Gasteiger partial charge < -0.3 is 9.97 Å². The standard InChI is InChI=1S/C29H25N5/c1-16-17(2)19(4)30-29(18(16)3)27-14-26-13-24-8-7-22(32-24)11-20-5-6-21(31-20)12-23-9-10-25(33-23)15-28(27)34-26/h5-15,31,34H,1-4H3. The Kier molecular flexibility index (Phi) is 4.59. The molecular formula is C29H25N5. The Morgan fingerprint density at radius 2 is 1.09 bits per heavy atom. The van der Waals surface area contributed by atoms with E-state index in [0.717, 1.165) is 61.8 Å². The lowest BCUT2D eigenvalue weighted by atomic mass is 9.98. The molecule has 0 atom stereocenters. The van der Waals surface area contributed by atoms with Crippen LogP contribution in [0.25, 0.3) is 57.6 Å². The van der Waals surface area contributed by atoms with Crippen LogP contribution in [0.4, 0.5) is 0 Å². The Bertz CT molecular complexity index is 1700. The Balaban J connectivity index is 1.69. The molecule has 0 spiro atoms. The molecule has 2 aliphatic heterocycles. The Labute approximate surface area is 198 Å². The summed E-state index contributed by atoms with van der Waals surface area (Å²) in [6.45, 7) is 8.54. The van der Waals surface area contributed by atoms with Crippen LogP contribution < -0.4 is 0 Å². The first-order valence-electron chi connectivity index (χ1n) is 11.5. The van der Waals surface area contributed by atoms with E-state index in [1.54, 1.807) is 0 Å². The van der Waals surface area contributed by atoms with Gasteiger partial charge in [-0.2, -0.15) is 0 Å². The summed E-state index contributed by atoms with van der Waals surface area (Å²) in [7, 11) is 0. The average molecular weight is 444 g/mol. The van der Waals surface area contributed by atoms with Crippen molar-refractivity contribution >= 4 is 46.4 Å². The minimum atomic E-state index is 0.901. The summed E-state index contributed by atoms with van der Waals surface area (Å²) in [5.74, 6) is 0. The van der Waals surface area contributed by atoms with Crippen LogP contribution in [-0.2, 0) is 0 Å². The van der Waals surface area contributed by atoms with E-state index < -0.39 is 0 Å².